The summed E-state index contributed by atoms with van der Waals surface area (Å²) in [6.07, 6.45) is 1.19. The summed E-state index contributed by atoms with van der Waals surface area (Å²) in [5, 5.41) is 0.684. The third-order valence-electron chi connectivity index (χ3n) is 1.93. The van der Waals surface area contributed by atoms with Gasteiger partial charge in [-0.25, -0.2) is 13.4 Å². The summed E-state index contributed by atoms with van der Waals surface area (Å²) in [6, 6.07) is 6.56. The van der Waals surface area contributed by atoms with Crippen LogP contribution in [0.15, 0.2) is 40.9 Å². The Balaban J connectivity index is 2.17. The number of aliphatic imine (C=N–C) groups is 1. The van der Waals surface area contributed by atoms with Crippen LogP contribution in [0.1, 0.15) is 0 Å². The molecule has 0 spiro atoms. The number of rotatable bonds is 2. The van der Waals surface area contributed by atoms with E-state index in [0.717, 1.165) is 5.41 Å². The van der Waals surface area contributed by atoms with Gasteiger partial charge < -0.3 is 9.47 Å². The summed E-state index contributed by atoms with van der Waals surface area (Å²) in [4.78, 5) is 3.62. The van der Waals surface area contributed by atoms with E-state index in [2.05, 4.69) is 4.99 Å². The van der Waals surface area contributed by atoms with Gasteiger partial charge in [0, 0.05) is 6.20 Å². The molecule has 0 aliphatic carbocycles. The van der Waals surface area contributed by atoms with Crippen LogP contribution in [0.25, 0.3) is 0 Å². The minimum atomic E-state index is -3.48. The Bertz CT molecular complexity index is 543. The van der Waals surface area contributed by atoms with Crippen LogP contribution in [0.2, 0.25) is 0 Å². The normalized spacial score (nSPS) is 16.9. The molecule has 0 fully saturated rings. The van der Waals surface area contributed by atoms with Crippen molar-refractivity contribution in [3.05, 3.63) is 35.9 Å². The Morgan fingerprint density at radius 1 is 1.12 bits per heavy atom. The molecule has 84 valence electrons. The smallest absolute Gasteiger partial charge is 0.319 e. The lowest BCUT2D eigenvalue weighted by atomic mass is 10.3. The van der Waals surface area contributed by atoms with Gasteiger partial charge in [-0.2, -0.15) is 0 Å². The van der Waals surface area contributed by atoms with E-state index in [-0.39, 0.29) is 5.23 Å². The molecule has 0 bridgehead atoms. The van der Waals surface area contributed by atoms with Gasteiger partial charge in [0.15, 0.2) is 0 Å². The van der Waals surface area contributed by atoms with Crippen molar-refractivity contribution in [1.82, 2.24) is 0 Å². The van der Waals surface area contributed by atoms with Crippen molar-refractivity contribution in [3.8, 4) is 11.5 Å². The summed E-state index contributed by atoms with van der Waals surface area (Å²) < 4.78 is 32.7. The molecule has 1 aliphatic heterocycles. The first-order chi connectivity index (χ1) is 7.62. The first-order valence-electron chi connectivity index (χ1n) is 4.43. The average Bonchev–Trinajstić information content (AvgIpc) is 2.59. The molecular weight excluding hydrogens is 230 g/mol. The second-order valence-electron chi connectivity index (χ2n) is 3.00. The van der Waals surface area contributed by atoms with Gasteiger partial charge in [0.05, 0.1) is 12.5 Å². The Kier molecular flexibility index (Phi) is 2.66. The molecule has 6 heteroatoms. The molecule has 16 heavy (non-hydrogen) atoms. The number of nitrogens with zero attached hydrogens (tertiary/aromatic N) is 1. The summed E-state index contributed by atoms with van der Waals surface area (Å²) in [5.74, 6) is 1.06. The molecule has 0 atom stereocenters. The van der Waals surface area contributed by atoms with E-state index >= 15 is 0 Å². The van der Waals surface area contributed by atoms with Gasteiger partial charge in [-0.05, 0) is 24.3 Å². The van der Waals surface area contributed by atoms with Crippen molar-refractivity contribution in [1.29, 1.82) is 0 Å². The van der Waals surface area contributed by atoms with E-state index < -0.39 is 9.84 Å². The maximum atomic E-state index is 11.3. The molecule has 0 unspecified atom stereocenters. The van der Waals surface area contributed by atoms with Crippen LogP contribution in [0.5, 0.6) is 11.5 Å². The number of methoxy groups -OCH3 is 1. The Hall–Kier alpha value is -1.82. The Morgan fingerprint density at radius 2 is 1.75 bits per heavy atom. The third kappa shape index (κ3) is 2.06. The van der Waals surface area contributed by atoms with Crippen molar-refractivity contribution in [2.75, 3.05) is 7.11 Å². The first-order valence-corrected chi connectivity index (χ1v) is 5.98. The van der Waals surface area contributed by atoms with Crippen molar-refractivity contribution in [2.24, 2.45) is 4.99 Å². The van der Waals surface area contributed by atoms with E-state index in [9.17, 15) is 8.42 Å². The van der Waals surface area contributed by atoms with Gasteiger partial charge in [-0.15, -0.1) is 0 Å². The highest BCUT2D eigenvalue weighted by atomic mass is 32.2. The van der Waals surface area contributed by atoms with Crippen molar-refractivity contribution in [3.63, 3.8) is 0 Å². The molecule has 0 aromatic heterocycles. The lowest BCUT2D eigenvalue weighted by Crippen LogP contribution is -2.15. The van der Waals surface area contributed by atoms with Crippen LogP contribution in [0, 0.1) is 0 Å². The van der Waals surface area contributed by atoms with Crippen LogP contribution < -0.4 is 9.47 Å². The third-order valence-corrected chi connectivity index (χ3v) is 3.08. The lowest BCUT2D eigenvalue weighted by molar-refractivity contribution is 0.414. The molecule has 0 saturated carbocycles. The number of benzene rings is 1. The predicted octanol–water partition coefficient (Wildman–Crippen LogP) is 1.33. The van der Waals surface area contributed by atoms with Crippen molar-refractivity contribution >= 4 is 15.1 Å². The highest BCUT2D eigenvalue weighted by Crippen LogP contribution is 2.19. The minimum Gasteiger partial charge on any atom is -0.497 e. The maximum absolute atomic E-state index is 11.3. The monoisotopic (exact) mass is 239 g/mol. The second kappa shape index (κ2) is 3.97. The van der Waals surface area contributed by atoms with Crippen molar-refractivity contribution in [2.45, 2.75) is 0 Å². The first kappa shape index (κ1) is 10.7. The number of ether oxygens (including phenoxy) is 2. The fourth-order valence-electron chi connectivity index (χ4n) is 1.13. The highest BCUT2D eigenvalue weighted by Gasteiger charge is 2.22. The van der Waals surface area contributed by atoms with Crippen LogP contribution in [0.4, 0.5) is 0 Å². The van der Waals surface area contributed by atoms with E-state index in [0.29, 0.717) is 11.5 Å². The molecule has 1 aromatic carbocycles. The SMILES string of the molecule is COc1ccc(OC2=NC=CS2(=O)=O)cc1. The van der Waals surface area contributed by atoms with Gasteiger partial charge in [-0.3, -0.25) is 0 Å². The van der Waals surface area contributed by atoms with Gasteiger partial charge in [0.2, 0.25) is 0 Å². The quantitative estimate of drug-likeness (QED) is 0.781. The van der Waals surface area contributed by atoms with Crippen LogP contribution in [0.3, 0.4) is 0 Å². The number of hydrogen-bond acceptors (Lipinski definition) is 5. The Labute approximate surface area is 92.9 Å². The van der Waals surface area contributed by atoms with Crippen LogP contribution in [-0.2, 0) is 9.84 Å². The van der Waals surface area contributed by atoms with E-state index in [1.54, 1.807) is 31.4 Å². The summed E-state index contributed by atoms with van der Waals surface area (Å²) in [5.41, 5.74) is 0. The van der Waals surface area contributed by atoms with E-state index in [1.807, 2.05) is 0 Å². The molecule has 1 aromatic rings. The standard InChI is InChI=1S/C10H9NO4S/c1-14-8-2-4-9(5-3-8)15-10-11-6-7-16(10,12)13/h2-7H,1H3. The van der Waals surface area contributed by atoms with E-state index in [4.69, 9.17) is 9.47 Å². The molecule has 0 N–H and O–H groups in total. The predicted molar refractivity (Wildman–Crippen MR) is 59.1 cm³/mol. The molecule has 1 heterocycles. The number of hydrogen-bond donors (Lipinski definition) is 0. The van der Waals surface area contributed by atoms with Gasteiger partial charge in [0.1, 0.15) is 11.5 Å². The maximum Gasteiger partial charge on any atom is 0.319 e. The Morgan fingerprint density at radius 3 is 2.25 bits per heavy atom. The largest absolute Gasteiger partial charge is 0.497 e. The zero-order valence-corrected chi connectivity index (χ0v) is 9.27. The average molecular weight is 239 g/mol. The summed E-state index contributed by atoms with van der Waals surface area (Å²) in [6.45, 7) is 0. The zero-order valence-electron chi connectivity index (χ0n) is 8.45. The summed E-state index contributed by atoms with van der Waals surface area (Å²) >= 11 is 0. The minimum absolute atomic E-state index is 0.308. The molecular formula is C10H9NO4S. The van der Waals surface area contributed by atoms with E-state index in [1.165, 1.54) is 6.20 Å². The molecule has 0 amide bonds. The lowest BCUT2D eigenvalue weighted by Gasteiger charge is -2.05. The van der Waals surface area contributed by atoms with Crippen LogP contribution in [-0.4, -0.2) is 20.8 Å². The van der Waals surface area contributed by atoms with Crippen LogP contribution >= 0.6 is 0 Å². The van der Waals surface area contributed by atoms with Gasteiger partial charge in [0.25, 0.3) is 9.84 Å². The molecule has 2 rings (SSSR count). The van der Waals surface area contributed by atoms with Crippen molar-refractivity contribution < 1.29 is 17.9 Å². The molecule has 0 radical (unpaired) electrons. The van der Waals surface area contributed by atoms with Gasteiger partial charge in [-0.1, -0.05) is 0 Å². The molecule has 1 aliphatic rings. The number of sulfone groups is 1. The highest BCUT2D eigenvalue weighted by molar-refractivity contribution is 8.08. The zero-order chi connectivity index (χ0) is 11.6. The molecule has 0 saturated heterocycles. The van der Waals surface area contributed by atoms with Gasteiger partial charge >= 0.3 is 5.23 Å². The fraction of sp³-hybridized carbons (Fsp3) is 0.100. The topological polar surface area (TPSA) is 65.0 Å². The second-order valence-corrected chi connectivity index (χ2v) is 4.71. The summed E-state index contributed by atoms with van der Waals surface area (Å²) in [7, 11) is -1.94. The fourth-order valence-corrected chi connectivity index (χ4v) is 1.89. The molecule has 5 nitrogen and oxygen atoms in total.